The summed E-state index contributed by atoms with van der Waals surface area (Å²) in [4.78, 5) is 10.4. The van der Waals surface area contributed by atoms with E-state index in [-0.39, 0.29) is 23.9 Å². The molecule has 116 valence electrons. The smallest absolute Gasteiger partial charge is 0.273 e. The number of nitro groups is 1. The van der Waals surface area contributed by atoms with E-state index < -0.39 is 4.92 Å². The van der Waals surface area contributed by atoms with Gasteiger partial charge in [0.05, 0.1) is 24.2 Å². The van der Waals surface area contributed by atoms with Crippen molar-refractivity contribution in [3.8, 4) is 5.75 Å². The van der Waals surface area contributed by atoms with Gasteiger partial charge in [-0.25, -0.2) is 0 Å². The van der Waals surface area contributed by atoms with Crippen molar-refractivity contribution in [3.63, 3.8) is 0 Å². The van der Waals surface area contributed by atoms with Gasteiger partial charge >= 0.3 is 0 Å². The predicted octanol–water partition coefficient (Wildman–Crippen LogP) is 1.41. The van der Waals surface area contributed by atoms with Crippen LogP contribution >= 0.6 is 0 Å². The summed E-state index contributed by atoms with van der Waals surface area (Å²) in [6, 6.07) is 4.49. The molecule has 0 aliphatic heterocycles. The molecule has 0 bridgehead atoms. The normalized spacial score (nSPS) is 24.4. The van der Waals surface area contributed by atoms with Crippen LogP contribution in [0.2, 0.25) is 0 Å². The van der Waals surface area contributed by atoms with Crippen LogP contribution < -0.4 is 10.5 Å². The Morgan fingerprint density at radius 2 is 2.19 bits per heavy atom. The fourth-order valence-corrected chi connectivity index (χ4v) is 2.22. The van der Waals surface area contributed by atoms with Crippen molar-refractivity contribution in [3.05, 3.63) is 33.9 Å². The largest absolute Gasteiger partial charge is 0.487 e. The van der Waals surface area contributed by atoms with Gasteiger partial charge in [0.2, 0.25) is 0 Å². The predicted molar refractivity (Wildman–Crippen MR) is 76.5 cm³/mol. The second-order valence-electron chi connectivity index (χ2n) is 5.09. The molecule has 0 aromatic heterocycles. The van der Waals surface area contributed by atoms with Crippen LogP contribution in [-0.4, -0.2) is 43.5 Å². The number of rotatable bonds is 7. The van der Waals surface area contributed by atoms with Crippen molar-refractivity contribution in [2.24, 2.45) is 5.73 Å². The highest BCUT2D eigenvalue weighted by Gasteiger charge is 2.41. The van der Waals surface area contributed by atoms with Crippen molar-refractivity contribution in [2.75, 3.05) is 20.3 Å². The van der Waals surface area contributed by atoms with Gasteiger partial charge in [-0.15, -0.1) is 0 Å². The van der Waals surface area contributed by atoms with Gasteiger partial charge in [0.15, 0.2) is 0 Å². The van der Waals surface area contributed by atoms with Crippen LogP contribution in [0.1, 0.15) is 12.0 Å². The first-order chi connectivity index (χ1) is 10.0. The molecule has 1 aliphatic rings. The molecular weight excluding hydrogens is 276 g/mol. The van der Waals surface area contributed by atoms with E-state index in [4.69, 9.17) is 19.9 Å². The monoisotopic (exact) mass is 296 g/mol. The second-order valence-corrected chi connectivity index (χ2v) is 5.09. The maximum Gasteiger partial charge on any atom is 0.273 e. The van der Waals surface area contributed by atoms with Crippen LogP contribution in [0, 0.1) is 17.0 Å². The van der Waals surface area contributed by atoms with E-state index in [9.17, 15) is 10.1 Å². The molecule has 21 heavy (non-hydrogen) atoms. The molecule has 0 spiro atoms. The molecule has 3 unspecified atom stereocenters. The van der Waals surface area contributed by atoms with Crippen LogP contribution in [0.4, 0.5) is 5.69 Å². The number of nitro benzene ring substituents is 1. The van der Waals surface area contributed by atoms with Crippen LogP contribution in [0.3, 0.4) is 0 Å². The van der Waals surface area contributed by atoms with Gasteiger partial charge in [-0.2, -0.15) is 0 Å². The highest BCUT2D eigenvalue weighted by Crippen LogP contribution is 2.31. The van der Waals surface area contributed by atoms with E-state index in [2.05, 4.69) is 0 Å². The molecule has 3 atom stereocenters. The standard InChI is InChI=1S/C14H20N2O5/c1-9-3-4-10(16(17)18)7-12(9)21-13-8-11(15)14(13)20-6-5-19-2/h3-4,7,11,13-14H,5-6,8,15H2,1-2H3. The lowest BCUT2D eigenvalue weighted by Gasteiger charge is -2.41. The van der Waals surface area contributed by atoms with E-state index in [0.29, 0.717) is 25.4 Å². The Labute approximate surface area is 123 Å². The minimum atomic E-state index is -0.439. The average Bonchev–Trinajstić information content (AvgIpc) is 2.44. The number of hydrogen-bond acceptors (Lipinski definition) is 6. The Balaban J connectivity index is 2.00. The van der Waals surface area contributed by atoms with Crippen molar-refractivity contribution in [1.82, 2.24) is 0 Å². The number of ether oxygens (including phenoxy) is 3. The maximum atomic E-state index is 10.8. The van der Waals surface area contributed by atoms with E-state index in [1.165, 1.54) is 12.1 Å². The van der Waals surface area contributed by atoms with Gasteiger partial charge in [0, 0.05) is 25.6 Å². The molecule has 1 saturated carbocycles. The van der Waals surface area contributed by atoms with Gasteiger partial charge in [0.1, 0.15) is 18.0 Å². The van der Waals surface area contributed by atoms with Crippen molar-refractivity contribution in [2.45, 2.75) is 31.6 Å². The minimum absolute atomic E-state index is 0.0103. The molecule has 2 rings (SSSR count). The summed E-state index contributed by atoms with van der Waals surface area (Å²) >= 11 is 0. The number of nitrogens with zero attached hydrogens (tertiary/aromatic N) is 1. The summed E-state index contributed by atoms with van der Waals surface area (Å²) in [6.07, 6.45) is 0.274. The van der Waals surface area contributed by atoms with Gasteiger partial charge in [-0.3, -0.25) is 10.1 Å². The molecule has 1 aromatic carbocycles. The lowest BCUT2D eigenvalue weighted by Crippen LogP contribution is -2.59. The molecule has 2 N–H and O–H groups in total. The van der Waals surface area contributed by atoms with Crippen LogP contribution in [-0.2, 0) is 9.47 Å². The van der Waals surface area contributed by atoms with E-state index in [1.807, 2.05) is 6.92 Å². The number of benzene rings is 1. The number of nitrogens with two attached hydrogens (primary N) is 1. The number of aryl methyl sites for hydroxylation is 1. The van der Waals surface area contributed by atoms with Gasteiger partial charge < -0.3 is 19.9 Å². The molecule has 1 fully saturated rings. The van der Waals surface area contributed by atoms with Gasteiger partial charge in [-0.05, 0) is 18.6 Å². The van der Waals surface area contributed by atoms with Gasteiger partial charge in [-0.1, -0.05) is 0 Å². The quantitative estimate of drug-likeness (QED) is 0.464. The summed E-state index contributed by atoms with van der Waals surface area (Å²) in [7, 11) is 1.60. The third-order valence-corrected chi connectivity index (χ3v) is 3.55. The minimum Gasteiger partial charge on any atom is -0.487 e. The lowest BCUT2D eigenvalue weighted by molar-refractivity contribution is -0.385. The number of non-ortho nitro benzene ring substituents is 1. The first kappa shape index (κ1) is 15.7. The first-order valence-corrected chi connectivity index (χ1v) is 6.80. The Kier molecular flexibility index (Phi) is 5.11. The maximum absolute atomic E-state index is 10.8. The molecule has 7 heteroatoms. The number of hydrogen-bond donors (Lipinski definition) is 1. The Bertz CT molecular complexity index is 508. The highest BCUT2D eigenvalue weighted by atomic mass is 16.6. The van der Waals surface area contributed by atoms with E-state index in [0.717, 1.165) is 5.56 Å². The summed E-state index contributed by atoms with van der Waals surface area (Å²) in [5.74, 6) is 0.501. The fourth-order valence-electron chi connectivity index (χ4n) is 2.22. The van der Waals surface area contributed by atoms with E-state index >= 15 is 0 Å². The lowest BCUT2D eigenvalue weighted by atomic mass is 9.86. The molecule has 0 amide bonds. The third-order valence-electron chi connectivity index (χ3n) is 3.55. The van der Waals surface area contributed by atoms with Crippen molar-refractivity contribution >= 4 is 5.69 Å². The third kappa shape index (κ3) is 3.69. The zero-order valence-electron chi connectivity index (χ0n) is 12.2. The zero-order valence-corrected chi connectivity index (χ0v) is 12.2. The topological polar surface area (TPSA) is 96.9 Å². The first-order valence-electron chi connectivity index (χ1n) is 6.80. The van der Waals surface area contributed by atoms with Crippen molar-refractivity contribution in [1.29, 1.82) is 0 Å². The summed E-state index contributed by atoms with van der Waals surface area (Å²) in [5, 5.41) is 10.8. The average molecular weight is 296 g/mol. The zero-order chi connectivity index (χ0) is 15.4. The molecular formula is C14H20N2O5. The molecule has 7 nitrogen and oxygen atoms in total. The summed E-state index contributed by atoms with van der Waals surface area (Å²) in [5.41, 5.74) is 6.77. The van der Waals surface area contributed by atoms with Crippen LogP contribution in [0.25, 0.3) is 0 Å². The molecule has 1 aliphatic carbocycles. The Morgan fingerprint density at radius 1 is 1.43 bits per heavy atom. The second kappa shape index (κ2) is 6.84. The number of methoxy groups -OCH3 is 1. The summed E-state index contributed by atoms with van der Waals surface area (Å²) in [6.45, 7) is 2.78. The van der Waals surface area contributed by atoms with E-state index in [1.54, 1.807) is 13.2 Å². The molecule has 0 saturated heterocycles. The Morgan fingerprint density at radius 3 is 2.81 bits per heavy atom. The highest BCUT2D eigenvalue weighted by molar-refractivity contribution is 5.43. The van der Waals surface area contributed by atoms with Crippen molar-refractivity contribution < 1.29 is 19.1 Å². The summed E-state index contributed by atoms with van der Waals surface area (Å²) < 4.78 is 16.4. The molecule has 0 heterocycles. The molecule has 1 aromatic rings. The van der Waals surface area contributed by atoms with Crippen LogP contribution in [0.15, 0.2) is 18.2 Å². The van der Waals surface area contributed by atoms with Crippen LogP contribution in [0.5, 0.6) is 5.75 Å². The van der Waals surface area contributed by atoms with Gasteiger partial charge in [0.25, 0.3) is 5.69 Å². The molecule has 0 radical (unpaired) electrons. The Hall–Kier alpha value is -1.70. The fraction of sp³-hybridized carbons (Fsp3) is 0.571. The SMILES string of the molecule is COCCOC1C(N)CC1Oc1cc([N+](=O)[O-])ccc1C.